The smallest absolute Gasteiger partial charge is 0.186 e. The van der Waals surface area contributed by atoms with Gasteiger partial charge in [0.05, 0.1) is 5.69 Å². The van der Waals surface area contributed by atoms with Gasteiger partial charge >= 0.3 is 0 Å². The molecular weight excluding hydrogens is 230 g/mol. The van der Waals surface area contributed by atoms with Crippen LogP contribution in [-0.4, -0.2) is 24.1 Å². The van der Waals surface area contributed by atoms with E-state index in [9.17, 15) is 0 Å². The molecule has 2 atom stereocenters. The van der Waals surface area contributed by atoms with Gasteiger partial charge in [0, 0.05) is 17.5 Å². The zero-order valence-electron chi connectivity index (χ0n) is 11.1. The lowest BCUT2D eigenvalue weighted by Crippen LogP contribution is -2.40. The highest BCUT2D eigenvalue weighted by Crippen LogP contribution is 2.34. The standard InChI is InChI=1S/C13H23N3S/c1-4-16(12-7-5-6-11(12)8-14)13-15-9(2)10(3)17-13/h11-12H,4-8,14H2,1-3H3. The van der Waals surface area contributed by atoms with Crippen molar-refractivity contribution in [2.24, 2.45) is 11.7 Å². The Morgan fingerprint density at radius 3 is 2.71 bits per heavy atom. The predicted molar refractivity (Wildman–Crippen MR) is 74.8 cm³/mol. The molecule has 2 unspecified atom stereocenters. The molecule has 1 aliphatic rings. The number of aromatic nitrogens is 1. The van der Waals surface area contributed by atoms with Crippen LogP contribution in [0.5, 0.6) is 0 Å². The van der Waals surface area contributed by atoms with E-state index in [-0.39, 0.29) is 0 Å². The number of hydrogen-bond acceptors (Lipinski definition) is 4. The second-order valence-electron chi connectivity index (χ2n) is 4.92. The van der Waals surface area contributed by atoms with E-state index in [1.54, 1.807) is 0 Å². The average Bonchev–Trinajstić information content (AvgIpc) is 2.89. The van der Waals surface area contributed by atoms with Crippen LogP contribution < -0.4 is 10.6 Å². The van der Waals surface area contributed by atoms with E-state index in [2.05, 4.69) is 25.7 Å². The molecule has 0 bridgehead atoms. The molecule has 1 aliphatic carbocycles. The summed E-state index contributed by atoms with van der Waals surface area (Å²) in [5.74, 6) is 0.652. The monoisotopic (exact) mass is 253 g/mol. The minimum Gasteiger partial charge on any atom is -0.345 e. The molecule has 4 heteroatoms. The fourth-order valence-electron chi connectivity index (χ4n) is 2.79. The van der Waals surface area contributed by atoms with Gasteiger partial charge in [-0.2, -0.15) is 0 Å². The fourth-order valence-corrected chi connectivity index (χ4v) is 3.82. The zero-order valence-corrected chi connectivity index (χ0v) is 11.9. The predicted octanol–water partition coefficient (Wildman–Crippen LogP) is 2.71. The summed E-state index contributed by atoms with van der Waals surface area (Å²) in [6.07, 6.45) is 3.86. The van der Waals surface area contributed by atoms with Crippen LogP contribution in [0, 0.1) is 19.8 Å². The molecule has 1 heterocycles. The van der Waals surface area contributed by atoms with Crippen molar-refractivity contribution in [3.63, 3.8) is 0 Å². The van der Waals surface area contributed by atoms with Crippen LogP contribution in [0.3, 0.4) is 0 Å². The van der Waals surface area contributed by atoms with Gasteiger partial charge in [-0.15, -0.1) is 11.3 Å². The normalized spacial score (nSPS) is 24.2. The summed E-state index contributed by atoms with van der Waals surface area (Å²) < 4.78 is 0. The van der Waals surface area contributed by atoms with E-state index in [1.807, 2.05) is 11.3 Å². The Labute approximate surface area is 108 Å². The van der Waals surface area contributed by atoms with Gasteiger partial charge in [-0.05, 0) is 46.1 Å². The molecule has 3 nitrogen and oxygen atoms in total. The molecule has 2 rings (SSSR count). The maximum absolute atomic E-state index is 5.89. The van der Waals surface area contributed by atoms with Gasteiger partial charge in [-0.3, -0.25) is 0 Å². The van der Waals surface area contributed by atoms with Crippen LogP contribution in [0.2, 0.25) is 0 Å². The molecule has 1 aromatic rings. The highest BCUT2D eigenvalue weighted by molar-refractivity contribution is 7.15. The van der Waals surface area contributed by atoms with Gasteiger partial charge in [0.25, 0.3) is 0 Å². The van der Waals surface area contributed by atoms with Crippen molar-refractivity contribution in [2.75, 3.05) is 18.0 Å². The number of nitrogens with two attached hydrogens (primary N) is 1. The SMILES string of the molecule is CCN(c1nc(C)c(C)s1)C1CCCC1CN. The second kappa shape index (κ2) is 5.36. The average molecular weight is 253 g/mol. The summed E-state index contributed by atoms with van der Waals surface area (Å²) in [5.41, 5.74) is 7.06. The topological polar surface area (TPSA) is 42.2 Å². The van der Waals surface area contributed by atoms with Gasteiger partial charge in [0.2, 0.25) is 0 Å². The van der Waals surface area contributed by atoms with Crippen molar-refractivity contribution in [3.8, 4) is 0 Å². The highest BCUT2D eigenvalue weighted by Gasteiger charge is 2.31. The third-order valence-electron chi connectivity index (χ3n) is 3.93. The Bertz CT molecular complexity index is 355. The minimum atomic E-state index is 0.606. The molecule has 1 aromatic heterocycles. The first-order valence-corrected chi connectivity index (χ1v) is 7.39. The van der Waals surface area contributed by atoms with E-state index in [4.69, 9.17) is 10.7 Å². The molecular formula is C13H23N3S. The summed E-state index contributed by atoms with van der Waals surface area (Å²) >= 11 is 1.82. The number of rotatable bonds is 4. The van der Waals surface area contributed by atoms with Crippen LogP contribution in [0.15, 0.2) is 0 Å². The number of nitrogens with zero attached hydrogens (tertiary/aromatic N) is 2. The van der Waals surface area contributed by atoms with E-state index in [0.717, 1.165) is 13.1 Å². The first-order valence-electron chi connectivity index (χ1n) is 6.58. The van der Waals surface area contributed by atoms with E-state index >= 15 is 0 Å². The van der Waals surface area contributed by atoms with Crippen LogP contribution in [-0.2, 0) is 0 Å². The van der Waals surface area contributed by atoms with Crippen LogP contribution in [0.4, 0.5) is 5.13 Å². The second-order valence-corrected chi connectivity index (χ2v) is 6.10. The molecule has 96 valence electrons. The number of thiazole rings is 1. The van der Waals surface area contributed by atoms with Gasteiger partial charge in [0.15, 0.2) is 5.13 Å². The molecule has 1 fully saturated rings. The molecule has 17 heavy (non-hydrogen) atoms. The largest absolute Gasteiger partial charge is 0.345 e. The molecule has 2 N–H and O–H groups in total. The van der Waals surface area contributed by atoms with Gasteiger partial charge in [0.1, 0.15) is 0 Å². The molecule has 0 aromatic carbocycles. The summed E-state index contributed by atoms with van der Waals surface area (Å²) in [5, 5.41) is 1.19. The van der Waals surface area contributed by atoms with Crippen LogP contribution >= 0.6 is 11.3 Å². The lowest BCUT2D eigenvalue weighted by molar-refractivity contribution is 0.461. The highest BCUT2D eigenvalue weighted by atomic mass is 32.1. The quantitative estimate of drug-likeness (QED) is 0.897. The number of hydrogen-bond donors (Lipinski definition) is 1. The summed E-state index contributed by atoms with van der Waals surface area (Å²) in [6.45, 7) is 8.31. The van der Waals surface area contributed by atoms with E-state index in [1.165, 1.54) is 35.0 Å². The Morgan fingerprint density at radius 1 is 1.41 bits per heavy atom. The third-order valence-corrected chi connectivity index (χ3v) is 5.04. The maximum atomic E-state index is 5.89. The number of aryl methyl sites for hydroxylation is 2. The van der Waals surface area contributed by atoms with Crippen LogP contribution in [0.25, 0.3) is 0 Å². The van der Waals surface area contributed by atoms with Crippen molar-refractivity contribution in [3.05, 3.63) is 10.6 Å². The first-order chi connectivity index (χ1) is 8.17. The Morgan fingerprint density at radius 2 is 2.18 bits per heavy atom. The summed E-state index contributed by atoms with van der Waals surface area (Å²) in [7, 11) is 0. The lowest BCUT2D eigenvalue weighted by atomic mass is 10.0. The third kappa shape index (κ3) is 2.47. The van der Waals surface area contributed by atoms with Gasteiger partial charge < -0.3 is 10.6 Å². The Kier molecular flexibility index (Phi) is 4.05. The molecule has 0 radical (unpaired) electrons. The molecule has 0 aliphatic heterocycles. The van der Waals surface area contributed by atoms with Crippen LogP contribution in [0.1, 0.15) is 36.8 Å². The van der Waals surface area contributed by atoms with Crippen molar-refractivity contribution in [1.29, 1.82) is 0 Å². The molecule has 1 saturated carbocycles. The summed E-state index contributed by atoms with van der Waals surface area (Å²) in [6, 6.07) is 0.606. The zero-order chi connectivity index (χ0) is 12.4. The Hall–Kier alpha value is -0.610. The molecule has 0 spiro atoms. The van der Waals surface area contributed by atoms with Gasteiger partial charge in [-0.1, -0.05) is 6.42 Å². The minimum absolute atomic E-state index is 0.606. The van der Waals surface area contributed by atoms with Gasteiger partial charge in [-0.25, -0.2) is 4.98 Å². The molecule has 0 saturated heterocycles. The Balaban J connectivity index is 2.20. The van der Waals surface area contributed by atoms with Crippen molar-refractivity contribution >= 4 is 16.5 Å². The van der Waals surface area contributed by atoms with Crippen molar-refractivity contribution < 1.29 is 0 Å². The lowest BCUT2D eigenvalue weighted by Gasteiger charge is -2.31. The van der Waals surface area contributed by atoms with E-state index in [0.29, 0.717) is 12.0 Å². The van der Waals surface area contributed by atoms with E-state index < -0.39 is 0 Å². The fraction of sp³-hybridized carbons (Fsp3) is 0.769. The summed E-state index contributed by atoms with van der Waals surface area (Å²) in [4.78, 5) is 8.50. The van der Waals surface area contributed by atoms with Crippen molar-refractivity contribution in [2.45, 2.75) is 46.1 Å². The molecule has 0 amide bonds. The van der Waals surface area contributed by atoms with Crippen molar-refractivity contribution in [1.82, 2.24) is 4.98 Å². The first kappa shape index (κ1) is 12.8. The maximum Gasteiger partial charge on any atom is 0.186 e. The number of anilines is 1.